The van der Waals surface area contributed by atoms with E-state index >= 15 is 0 Å². The summed E-state index contributed by atoms with van der Waals surface area (Å²) in [6.07, 6.45) is 3.99. The van der Waals surface area contributed by atoms with E-state index in [1.54, 1.807) is 17.0 Å². The molecule has 1 amide bonds. The standard InChI is InChI=1S/C18H21ClN4O3S/c19-13-5-7-14(8-6-13)27(25,26)23-11-9-22(10-12-23)18(24)17-15-3-1-2-4-16(15)20-21-17/h5-8H,1-4,9-12H2,(H,20,21). The fraction of sp³-hybridized carbons (Fsp3) is 0.444. The van der Waals surface area contributed by atoms with Gasteiger partial charge in [-0.1, -0.05) is 11.6 Å². The van der Waals surface area contributed by atoms with Gasteiger partial charge in [0, 0.05) is 42.5 Å². The second-order valence-corrected chi connectivity index (χ2v) is 9.26. The smallest absolute Gasteiger partial charge is 0.274 e. The molecule has 1 saturated heterocycles. The van der Waals surface area contributed by atoms with E-state index < -0.39 is 10.0 Å². The summed E-state index contributed by atoms with van der Waals surface area (Å²) in [5.74, 6) is -0.113. The number of sulfonamides is 1. The van der Waals surface area contributed by atoms with Crippen molar-refractivity contribution in [2.75, 3.05) is 26.2 Å². The highest BCUT2D eigenvalue weighted by Crippen LogP contribution is 2.24. The van der Waals surface area contributed by atoms with Crippen LogP contribution >= 0.6 is 11.6 Å². The third kappa shape index (κ3) is 3.49. The van der Waals surface area contributed by atoms with Crippen molar-refractivity contribution < 1.29 is 13.2 Å². The van der Waals surface area contributed by atoms with Gasteiger partial charge in [0.25, 0.3) is 5.91 Å². The van der Waals surface area contributed by atoms with E-state index in [-0.39, 0.29) is 23.9 Å². The maximum absolute atomic E-state index is 12.9. The molecule has 1 aliphatic carbocycles. The van der Waals surface area contributed by atoms with Gasteiger partial charge in [-0.25, -0.2) is 8.42 Å². The summed E-state index contributed by atoms with van der Waals surface area (Å²) in [6, 6.07) is 6.14. The Balaban J connectivity index is 1.45. The lowest BCUT2D eigenvalue weighted by Gasteiger charge is -2.33. The van der Waals surface area contributed by atoms with Crippen molar-refractivity contribution in [2.45, 2.75) is 30.6 Å². The van der Waals surface area contributed by atoms with Gasteiger partial charge in [-0.2, -0.15) is 9.40 Å². The van der Waals surface area contributed by atoms with Gasteiger partial charge in [-0.3, -0.25) is 9.89 Å². The lowest BCUT2D eigenvalue weighted by molar-refractivity contribution is 0.0690. The quantitative estimate of drug-likeness (QED) is 0.842. The second-order valence-electron chi connectivity index (χ2n) is 6.89. The zero-order valence-corrected chi connectivity index (χ0v) is 16.4. The van der Waals surface area contributed by atoms with E-state index in [0.29, 0.717) is 23.8 Å². The third-order valence-corrected chi connectivity index (χ3v) is 7.40. The summed E-state index contributed by atoms with van der Waals surface area (Å²) in [6.45, 7) is 1.24. The molecule has 0 saturated carbocycles. The molecule has 0 atom stereocenters. The van der Waals surface area contributed by atoms with Crippen molar-refractivity contribution in [1.82, 2.24) is 19.4 Å². The average molecular weight is 409 g/mol. The third-order valence-electron chi connectivity index (χ3n) is 5.24. The van der Waals surface area contributed by atoms with Gasteiger partial charge in [0.15, 0.2) is 5.69 Å². The minimum atomic E-state index is -3.58. The summed E-state index contributed by atoms with van der Waals surface area (Å²) in [5, 5.41) is 7.72. The molecule has 1 fully saturated rings. The van der Waals surface area contributed by atoms with E-state index in [2.05, 4.69) is 10.2 Å². The van der Waals surface area contributed by atoms with Crippen LogP contribution in [0, 0.1) is 0 Å². The van der Waals surface area contributed by atoms with Crippen LogP contribution in [0.1, 0.15) is 34.6 Å². The predicted octanol–water partition coefficient (Wildman–Crippen LogP) is 2.09. The minimum absolute atomic E-state index is 0.113. The highest BCUT2D eigenvalue weighted by Gasteiger charge is 2.32. The topological polar surface area (TPSA) is 86.4 Å². The first-order chi connectivity index (χ1) is 13.0. The summed E-state index contributed by atoms with van der Waals surface area (Å²) in [5.41, 5.74) is 2.59. The molecule has 144 valence electrons. The maximum Gasteiger partial charge on any atom is 0.274 e. The number of benzene rings is 1. The monoisotopic (exact) mass is 408 g/mol. The molecule has 1 N–H and O–H groups in total. The van der Waals surface area contributed by atoms with E-state index in [9.17, 15) is 13.2 Å². The van der Waals surface area contributed by atoms with Crippen LogP contribution in [0.25, 0.3) is 0 Å². The summed E-state index contributed by atoms with van der Waals surface area (Å²) in [7, 11) is -3.58. The number of piperazine rings is 1. The van der Waals surface area contributed by atoms with E-state index in [4.69, 9.17) is 11.6 Å². The molecule has 1 aromatic carbocycles. The molecule has 9 heteroatoms. The summed E-state index contributed by atoms with van der Waals surface area (Å²) >= 11 is 5.84. The first kappa shape index (κ1) is 18.5. The molecule has 2 heterocycles. The van der Waals surface area contributed by atoms with E-state index in [1.165, 1.54) is 16.4 Å². The molecule has 27 heavy (non-hydrogen) atoms. The number of amides is 1. The predicted molar refractivity (Wildman–Crippen MR) is 101 cm³/mol. The van der Waals surface area contributed by atoms with Gasteiger partial charge in [-0.05, 0) is 49.9 Å². The molecular weight excluding hydrogens is 388 g/mol. The number of nitrogens with one attached hydrogen (secondary N) is 1. The number of hydrogen-bond donors (Lipinski definition) is 1. The number of aromatic nitrogens is 2. The van der Waals surface area contributed by atoms with Crippen LogP contribution in [0.2, 0.25) is 5.02 Å². The Labute approximate surface area is 163 Å². The number of halogens is 1. The molecule has 0 radical (unpaired) electrons. The highest BCUT2D eigenvalue weighted by atomic mass is 35.5. The number of nitrogens with zero attached hydrogens (tertiary/aromatic N) is 3. The van der Waals surface area contributed by atoms with Crippen molar-refractivity contribution in [1.29, 1.82) is 0 Å². The molecule has 1 aromatic heterocycles. The molecule has 0 unspecified atom stereocenters. The number of carbonyl (C=O) groups is 1. The Kier molecular flexibility index (Phi) is 4.96. The fourth-order valence-corrected chi connectivity index (χ4v) is 5.24. The lowest BCUT2D eigenvalue weighted by atomic mass is 9.95. The van der Waals surface area contributed by atoms with Gasteiger partial charge in [-0.15, -0.1) is 0 Å². The van der Waals surface area contributed by atoms with Crippen LogP contribution in [0.5, 0.6) is 0 Å². The molecular formula is C18H21ClN4O3S. The number of H-pyrrole nitrogens is 1. The molecule has 1 aliphatic heterocycles. The van der Waals surface area contributed by atoms with Crippen molar-refractivity contribution in [3.63, 3.8) is 0 Å². The number of aromatic amines is 1. The molecule has 4 rings (SSSR count). The fourth-order valence-electron chi connectivity index (χ4n) is 3.69. The molecule has 0 spiro atoms. The normalized spacial score (nSPS) is 18.3. The zero-order chi connectivity index (χ0) is 19.0. The first-order valence-corrected chi connectivity index (χ1v) is 10.9. The zero-order valence-electron chi connectivity index (χ0n) is 14.8. The lowest BCUT2D eigenvalue weighted by Crippen LogP contribution is -2.50. The van der Waals surface area contributed by atoms with Crippen molar-refractivity contribution >= 4 is 27.5 Å². The largest absolute Gasteiger partial charge is 0.335 e. The Bertz CT molecular complexity index is 947. The molecule has 2 aromatic rings. The molecule has 2 aliphatic rings. The first-order valence-electron chi connectivity index (χ1n) is 9.08. The van der Waals surface area contributed by atoms with Crippen LogP contribution in [0.15, 0.2) is 29.2 Å². The van der Waals surface area contributed by atoms with Crippen LogP contribution in [0.3, 0.4) is 0 Å². The Morgan fingerprint density at radius 2 is 1.70 bits per heavy atom. The Morgan fingerprint density at radius 3 is 2.41 bits per heavy atom. The van der Waals surface area contributed by atoms with Gasteiger partial charge in [0.2, 0.25) is 10.0 Å². The molecule has 7 nitrogen and oxygen atoms in total. The van der Waals surface area contributed by atoms with Gasteiger partial charge in [0.1, 0.15) is 0 Å². The number of hydrogen-bond acceptors (Lipinski definition) is 4. The average Bonchev–Trinajstić information content (AvgIpc) is 3.12. The summed E-state index contributed by atoms with van der Waals surface area (Å²) in [4.78, 5) is 14.8. The van der Waals surface area contributed by atoms with Gasteiger partial charge >= 0.3 is 0 Å². The van der Waals surface area contributed by atoms with Crippen LogP contribution in [0.4, 0.5) is 0 Å². The Hall–Kier alpha value is -1.90. The van der Waals surface area contributed by atoms with E-state index in [0.717, 1.165) is 36.9 Å². The van der Waals surface area contributed by atoms with Crippen molar-refractivity contribution in [3.8, 4) is 0 Å². The summed E-state index contributed by atoms with van der Waals surface area (Å²) < 4.78 is 26.9. The van der Waals surface area contributed by atoms with E-state index in [1.807, 2.05) is 0 Å². The van der Waals surface area contributed by atoms with Crippen LogP contribution in [-0.4, -0.2) is 59.9 Å². The Morgan fingerprint density at radius 1 is 1.04 bits per heavy atom. The second kappa shape index (κ2) is 7.26. The van der Waals surface area contributed by atoms with Gasteiger partial charge in [0.05, 0.1) is 4.90 Å². The highest BCUT2D eigenvalue weighted by molar-refractivity contribution is 7.89. The number of fused-ring (bicyclic) bond motifs is 1. The van der Waals surface area contributed by atoms with Crippen molar-refractivity contribution in [3.05, 3.63) is 46.2 Å². The van der Waals surface area contributed by atoms with Gasteiger partial charge < -0.3 is 4.90 Å². The van der Waals surface area contributed by atoms with Crippen LogP contribution < -0.4 is 0 Å². The number of aryl methyl sites for hydroxylation is 1. The number of carbonyl (C=O) groups excluding carboxylic acids is 1. The minimum Gasteiger partial charge on any atom is -0.335 e. The van der Waals surface area contributed by atoms with Crippen LogP contribution in [-0.2, 0) is 22.9 Å². The number of rotatable bonds is 3. The van der Waals surface area contributed by atoms with Crippen molar-refractivity contribution in [2.24, 2.45) is 0 Å². The SMILES string of the molecule is O=C(c1n[nH]c2c1CCCC2)N1CCN(S(=O)(=O)c2ccc(Cl)cc2)CC1. The molecule has 0 bridgehead atoms. The maximum atomic E-state index is 12.9.